The Hall–Kier alpha value is -2.63. The maximum Gasteiger partial charge on any atom is 0.325 e. The molecule has 0 saturated heterocycles. The van der Waals surface area contributed by atoms with E-state index in [1.54, 1.807) is 18.4 Å². The van der Waals surface area contributed by atoms with Crippen LogP contribution >= 0.6 is 0 Å². The first-order valence-electron chi connectivity index (χ1n) is 7.27. The highest BCUT2D eigenvalue weighted by molar-refractivity contribution is 6.00. The van der Waals surface area contributed by atoms with Crippen LogP contribution in [0.25, 0.3) is 0 Å². The van der Waals surface area contributed by atoms with E-state index < -0.39 is 11.8 Å². The Kier molecular flexibility index (Phi) is 4.14. The summed E-state index contributed by atoms with van der Waals surface area (Å²) < 4.78 is 23.4. The van der Waals surface area contributed by atoms with Crippen LogP contribution in [0.15, 0.2) is 47.1 Å². The Morgan fingerprint density at radius 3 is 2.83 bits per heavy atom. The smallest absolute Gasteiger partial charge is 0.325 e. The molecule has 1 aromatic carbocycles. The molecule has 1 amide bonds. The van der Waals surface area contributed by atoms with Crippen LogP contribution in [0.1, 0.15) is 18.1 Å². The lowest BCUT2D eigenvalue weighted by Gasteiger charge is -2.21. The molecule has 1 aromatic heterocycles. The average Bonchev–Trinajstić information content (AvgIpc) is 3.16. The Balaban J connectivity index is 1.81. The van der Waals surface area contributed by atoms with Crippen molar-refractivity contribution in [2.75, 3.05) is 18.6 Å². The van der Waals surface area contributed by atoms with Gasteiger partial charge in [0.05, 0.1) is 13.4 Å². The monoisotopic (exact) mass is 317 g/mol. The second-order valence-corrected chi connectivity index (χ2v) is 5.44. The number of benzene rings is 1. The molecule has 0 N–H and O–H groups in total. The summed E-state index contributed by atoms with van der Waals surface area (Å²) in [4.78, 5) is 25.6. The average molecular weight is 317 g/mol. The first-order chi connectivity index (χ1) is 11.1. The molecule has 23 heavy (non-hydrogen) atoms. The molecule has 1 fully saturated rings. The van der Waals surface area contributed by atoms with E-state index in [1.807, 2.05) is 6.07 Å². The molecular formula is C17H16FNO4. The first kappa shape index (κ1) is 15.3. The van der Waals surface area contributed by atoms with Crippen LogP contribution < -0.4 is 4.90 Å². The molecule has 0 radical (unpaired) electrons. The van der Waals surface area contributed by atoms with Gasteiger partial charge in [-0.1, -0.05) is 6.07 Å². The highest BCUT2D eigenvalue weighted by atomic mass is 19.1. The normalized spacial score (nSPS) is 19.2. The van der Waals surface area contributed by atoms with E-state index in [1.165, 1.54) is 30.2 Å². The van der Waals surface area contributed by atoms with Gasteiger partial charge < -0.3 is 14.1 Å². The fraction of sp³-hybridized carbons (Fsp3) is 0.294. The molecule has 1 saturated carbocycles. The molecule has 0 unspecified atom stereocenters. The molecule has 0 aliphatic heterocycles. The van der Waals surface area contributed by atoms with E-state index in [2.05, 4.69) is 4.74 Å². The fourth-order valence-corrected chi connectivity index (χ4v) is 2.62. The van der Waals surface area contributed by atoms with Crippen molar-refractivity contribution in [2.45, 2.75) is 12.3 Å². The van der Waals surface area contributed by atoms with Crippen molar-refractivity contribution >= 4 is 17.6 Å². The predicted octanol–water partition coefficient (Wildman–Crippen LogP) is 2.73. The molecule has 6 heteroatoms. The minimum absolute atomic E-state index is 0.00575. The Morgan fingerprint density at radius 2 is 2.17 bits per heavy atom. The highest BCUT2D eigenvalue weighted by Gasteiger charge is 2.48. The van der Waals surface area contributed by atoms with Gasteiger partial charge in [0.1, 0.15) is 18.1 Å². The van der Waals surface area contributed by atoms with Crippen LogP contribution in [0.4, 0.5) is 10.1 Å². The van der Waals surface area contributed by atoms with Crippen LogP contribution in [-0.4, -0.2) is 25.5 Å². The topological polar surface area (TPSA) is 59.8 Å². The molecule has 1 aliphatic carbocycles. The van der Waals surface area contributed by atoms with E-state index in [0.29, 0.717) is 12.1 Å². The molecule has 2 aromatic rings. The van der Waals surface area contributed by atoms with Crippen LogP contribution in [0.5, 0.6) is 0 Å². The number of halogens is 1. The lowest BCUT2D eigenvalue weighted by Crippen LogP contribution is -2.37. The number of carbonyl (C=O) groups excluding carboxylic acids is 2. The maximum absolute atomic E-state index is 13.5. The zero-order chi connectivity index (χ0) is 16.4. The molecular weight excluding hydrogens is 301 g/mol. The summed E-state index contributed by atoms with van der Waals surface area (Å²) >= 11 is 0. The van der Waals surface area contributed by atoms with Gasteiger partial charge in [-0.2, -0.15) is 0 Å². The number of furan rings is 1. The molecule has 5 nitrogen and oxygen atoms in total. The molecule has 0 bridgehead atoms. The van der Waals surface area contributed by atoms with E-state index >= 15 is 0 Å². The standard InChI is InChI=1S/C17H16FNO4/c1-22-16(20)10-19(12-5-2-4-11(18)8-12)17(21)14-9-13(14)15-6-3-7-23-15/h2-8,13-14H,9-10H2,1H3/t13-,14-/m1/s1. The number of amides is 1. The zero-order valence-electron chi connectivity index (χ0n) is 12.6. The molecule has 3 rings (SSSR count). The number of methoxy groups -OCH3 is 1. The van der Waals surface area contributed by atoms with Crippen molar-refractivity contribution in [1.82, 2.24) is 0 Å². The third-order valence-corrected chi connectivity index (χ3v) is 3.92. The second kappa shape index (κ2) is 6.24. The third kappa shape index (κ3) is 3.26. The van der Waals surface area contributed by atoms with E-state index in [9.17, 15) is 14.0 Å². The number of ether oxygens (including phenoxy) is 1. The lowest BCUT2D eigenvalue weighted by atomic mass is 10.2. The van der Waals surface area contributed by atoms with Crippen molar-refractivity contribution in [3.8, 4) is 0 Å². The Labute approximate surface area is 132 Å². The minimum atomic E-state index is -0.558. The maximum atomic E-state index is 13.5. The van der Waals surface area contributed by atoms with Gasteiger partial charge >= 0.3 is 5.97 Å². The molecule has 120 valence electrons. The number of esters is 1. The largest absolute Gasteiger partial charge is 0.469 e. The molecule has 2 atom stereocenters. The van der Waals surface area contributed by atoms with Crippen LogP contribution in [0.3, 0.4) is 0 Å². The van der Waals surface area contributed by atoms with Gasteiger partial charge in [-0.15, -0.1) is 0 Å². The lowest BCUT2D eigenvalue weighted by molar-refractivity contribution is -0.140. The van der Waals surface area contributed by atoms with Gasteiger partial charge in [-0.3, -0.25) is 9.59 Å². The SMILES string of the molecule is COC(=O)CN(C(=O)[C@@H]1C[C@H]1c1ccco1)c1cccc(F)c1. The van der Waals surface area contributed by atoms with Crippen molar-refractivity contribution in [3.05, 3.63) is 54.2 Å². The third-order valence-electron chi connectivity index (χ3n) is 3.92. The van der Waals surface area contributed by atoms with Gasteiger partial charge in [-0.05, 0) is 36.8 Å². The highest BCUT2D eigenvalue weighted by Crippen LogP contribution is 2.49. The number of anilines is 1. The summed E-state index contributed by atoms with van der Waals surface area (Å²) in [5.41, 5.74) is 0.338. The summed E-state index contributed by atoms with van der Waals surface area (Å²) in [7, 11) is 1.25. The van der Waals surface area contributed by atoms with Gasteiger partial charge in [0, 0.05) is 17.5 Å². The second-order valence-electron chi connectivity index (χ2n) is 5.44. The predicted molar refractivity (Wildman–Crippen MR) is 80.3 cm³/mol. The van der Waals surface area contributed by atoms with Crippen molar-refractivity contribution in [3.63, 3.8) is 0 Å². The Morgan fingerprint density at radius 1 is 1.35 bits per heavy atom. The summed E-state index contributed by atoms with van der Waals surface area (Å²) in [6.45, 7) is -0.250. The van der Waals surface area contributed by atoms with E-state index in [4.69, 9.17) is 4.42 Å². The number of hydrogen-bond donors (Lipinski definition) is 0. The fourth-order valence-electron chi connectivity index (χ4n) is 2.62. The van der Waals surface area contributed by atoms with Gasteiger partial charge in [0.15, 0.2) is 0 Å². The summed E-state index contributed by atoms with van der Waals surface area (Å²) in [5, 5.41) is 0. The molecule has 1 heterocycles. The number of nitrogens with zero attached hydrogens (tertiary/aromatic N) is 1. The van der Waals surface area contributed by atoms with Gasteiger partial charge in [0.2, 0.25) is 5.91 Å². The van der Waals surface area contributed by atoms with E-state index in [-0.39, 0.29) is 24.3 Å². The summed E-state index contributed by atoms with van der Waals surface area (Å²) in [6.07, 6.45) is 2.22. The van der Waals surface area contributed by atoms with Crippen molar-refractivity contribution < 1.29 is 23.1 Å². The van der Waals surface area contributed by atoms with Gasteiger partial charge in [0.25, 0.3) is 0 Å². The van der Waals surface area contributed by atoms with Crippen molar-refractivity contribution in [2.24, 2.45) is 5.92 Å². The minimum Gasteiger partial charge on any atom is -0.469 e. The summed E-state index contributed by atoms with van der Waals surface area (Å²) in [5.74, 6) is -0.773. The number of carbonyl (C=O) groups is 2. The Bertz CT molecular complexity index is 713. The number of hydrogen-bond acceptors (Lipinski definition) is 4. The van der Waals surface area contributed by atoms with Crippen LogP contribution in [-0.2, 0) is 14.3 Å². The van der Waals surface area contributed by atoms with Crippen molar-refractivity contribution in [1.29, 1.82) is 0 Å². The molecule has 0 spiro atoms. The first-order valence-corrected chi connectivity index (χ1v) is 7.27. The molecule has 1 aliphatic rings. The zero-order valence-corrected chi connectivity index (χ0v) is 12.6. The number of rotatable bonds is 5. The van der Waals surface area contributed by atoms with Gasteiger partial charge in [-0.25, -0.2) is 4.39 Å². The quantitative estimate of drug-likeness (QED) is 0.796. The summed E-state index contributed by atoms with van der Waals surface area (Å²) in [6, 6.07) is 9.20. The van der Waals surface area contributed by atoms with Crippen LogP contribution in [0, 0.1) is 11.7 Å². The van der Waals surface area contributed by atoms with E-state index in [0.717, 1.165) is 5.76 Å². The van der Waals surface area contributed by atoms with Crippen LogP contribution in [0.2, 0.25) is 0 Å².